The standard InChI is InChI=1S/C14H17N3O2S/c1-9(2)14-16-10(8-20-14)7-15-13(19)12(18)11-5-4-6-17(11)3/h4-6,8-9H,7H2,1-3H3,(H,15,19). The number of amides is 1. The molecule has 6 heteroatoms. The Balaban J connectivity index is 1.95. The van der Waals surface area contributed by atoms with Crippen LogP contribution in [0.4, 0.5) is 0 Å². The van der Waals surface area contributed by atoms with Gasteiger partial charge in [0.25, 0.3) is 11.7 Å². The molecule has 0 aliphatic carbocycles. The monoisotopic (exact) mass is 291 g/mol. The van der Waals surface area contributed by atoms with Gasteiger partial charge < -0.3 is 9.88 Å². The number of carbonyl (C=O) groups excluding carboxylic acids is 2. The zero-order valence-electron chi connectivity index (χ0n) is 11.7. The molecule has 5 nitrogen and oxygen atoms in total. The second kappa shape index (κ2) is 6.00. The van der Waals surface area contributed by atoms with Gasteiger partial charge in [0.15, 0.2) is 0 Å². The average molecular weight is 291 g/mol. The minimum atomic E-state index is -0.606. The van der Waals surface area contributed by atoms with Crippen molar-refractivity contribution in [3.63, 3.8) is 0 Å². The van der Waals surface area contributed by atoms with Crippen LogP contribution in [0.25, 0.3) is 0 Å². The quantitative estimate of drug-likeness (QED) is 0.678. The van der Waals surface area contributed by atoms with Gasteiger partial charge in [-0.15, -0.1) is 11.3 Å². The third-order valence-corrected chi connectivity index (χ3v) is 4.07. The van der Waals surface area contributed by atoms with Crippen molar-refractivity contribution >= 4 is 23.0 Å². The summed E-state index contributed by atoms with van der Waals surface area (Å²) >= 11 is 1.57. The van der Waals surface area contributed by atoms with Crippen LogP contribution in [-0.2, 0) is 18.4 Å². The van der Waals surface area contributed by atoms with Gasteiger partial charge in [0, 0.05) is 24.5 Å². The van der Waals surface area contributed by atoms with Crippen LogP contribution in [0.3, 0.4) is 0 Å². The zero-order chi connectivity index (χ0) is 14.7. The van der Waals surface area contributed by atoms with Crippen LogP contribution in [0, 0.1) is 0 Å². The van der Waals surface area contributed by atoms with Crippen molar-refractivity contribution in [2.75, 3.05) is 0 Å². The predicted molar refractivity (Wildman–Crippen MR) is 77.8 cm³/mol. The number of hydrogen-bond donors (Lipinski definition) is 1. The number of nitrogens with one attached hydrogen (secondary N) is 1. The smallest absolute Gasteiger partial charge is 0.294 e. The van der Waals surface area contributed by atoms with Gasteiger partial charge in [0.05, 0.1) is 22.9 Å². The summed E-state index contributed by atoms with van der Waals surface area (Å²) < 4.78 is 1.63. The third-order valence-electron chi connectivity index (χ3n) is 2.88. The van der Waals surface area contributed by atoms with Gasteiger partial charge in [-0.3, -0.25) is 9.59 Å². The molecule has 2 aromatic heterocycles. The van der Waals surface area contributed by atoms with Crippen molar-refractivity contribution in [1.29, 1.82) is 0 Å². The molecule has 0 spiro atoms. The number of ketones is 1. The minimum Gasteiger partial charge on any atom is -0.348 e. The van der Waals surface area contributed by atoms with E-state index in [0.29, 0.717) is 11.6 Å². The second-order valence-electron chi connectivity index (χ2n) is 4.85. The minimum absolute atomic E-state index is 0.276. The van der Waals surface area contributed by atoms with Crippen LogP contribution in [0.15, 0.2) is 23.7 Å². The number of Topliss-reactive ketones (excluding diaryl/α,β-unsaturated/α-hetero) is 1. The van der Waals surface area contributed by atoms with Crippen molar-refractivity contribution < 1.29 is 9.59 Å². The zero-order valence-corrected chi connectivity index (χ0v) is 12.5. The molecule has 2 heterocycles. The lowest BCUT2D eigenvalue weighted by atomic mass is 10.2. The number of aromatic nitrogens is 2. The summed E-state index contributed by atoms with van der Waals surface area (Å²) in [5, 5.41) is 5.54. The normalized spacial score (nSPS) is 10.8. The first-order valence-electron chi connectivity index (χ1n) is 6.37. The summed E-state index contributed by atoms with van der Waals surface area (Å²) in [4.78, 5) is 28.1. The highest BCUT2D eigenvalue weighted by molar-refractivity contribution is 7.09. The molecule has 1 N–H and O–H groups in total. The number of hydrogen-bond acceptors (Lipinski definition) is 4. The molecule has 0 fully saturated rings. The van der Waals surface area contributed by atoms with E-state index in [1.54, 1.807) is 41.3 Å². The lowest BCUT2D eigenvalue weighted by Gasteiger charge is -2.03. The maximum absolute atomic E-state index is 11.9. The van der Waals surface area contributed by atoms with E-state index in [2.05, 4.69) is 24.1 Å². The van der Waals surface area contributed by atoms with Gasteiger partial charge >= 0.3 is 0 Å². The van der Waals surface area contributed by atoms with Crippen molar-refractivity contribution in [1.82, 2.24) is 14.9 Å². The predicted octanol–water partition coefficient (Wildman–Crippen LogP) is 2.10. The molecule has 0 aromatic carbocycles. The lowest BCUT2D eigenvalue weighted by Crippen LogP contribution is -2.31. The van der Waals surface area contributed by atoms with E-state index in [4.69, 9.17) is 0 Å². The maximum atomic E-state index is 11.9. The highest BCUT2D eigenvalue weighted by Crippen LogP contribution is 2.18. The van der Waals surface area contributed by atoms with Crippen LogP contribution >= 0.6 is 11.3 Å². The largest absolute Gasteiger partial charge is 0.348 e. The SMILES string of the molecule is CC(C)c1nc(CNC(=O)C(=O)c2cccn2C)cs1. The fourth-order valence-electron chi connectivity index (χ4n) is 1.73. The number of nitrogens with zero attached hydrogens (tertiary/aromatic N) is 2. The number of aryl methyl sites for hydroxylation is 1. The Morgan fingerprint density at radius 1 is 1.45 bits per heavy atom. The van der Waals surface area contributed by atoms with E-state index in [1.807, 2.05) is 5.38 Å². The van der Waals surface area contributed by atoms with Crippen molar-refractivity contribution in [2.24, 2.45) is 7.05 Å². The Morgan fingerprint density at radius 2 is 2.20 bits per heavy atom. The topological polar surface area (TPSA) is 64.0 Å². The average Bonchev–Trinajstić information content (AvgIpc) is 3.03. The summed E-state index contributed by atoms with van der Waals surface area (Å²) in [6.45, 7) is 4.42. The van der Waals surface area contributed by atoms with Crippen LogP contribution in [0.5, 0.6) is 0 Å². The van der Waals surface area contributed by atoms with Crippen molar-refractivity contribution in [3.05, 3.63) is 40.1 Å². The summed E-state index contributed by atoms with van der Waals surface area (Å²) in [6.07, 6.45) is 1.73. The Labute approximate surface area is 121 Å². The number of rotatable bonds is 5. The van der Waals surface area contributed by atoms with Crippen LogP contribution in [0.2, 0.25) is 0 Å². The fourth-order valence-corrected chi connectivity index (χ4v) is 2.57. The van der Waals surface area contributed by atoms with Gasteiger partial charge in [-0.25, -0.2) is 4.98 Å². The fraction of sp³-hybridized carbons (Fsp3) is 0.357. The van der Waals surface area contributed by atoms with E-state index in [0.717, 1.165) is 10.7 Å². The molecule has 0 saturated heterocycles. The van der Waals surface area contributed by atoms with Crippen molar-refractivity contribution in [2.45, 2.75) is 26.3 Å². The molecule has 0 aliphatic heterocycles. The Hall–Kier alpha value is -1.95. The highest BCUT2D eigenvalue weighted by atomic mass is 32.1. The molecule has 2 aromatic rings. The molecule has 1 amide bonds. The molecule has 0 saturated carbocycles. The van der Waals surface area contributed by atoms with E-state index in [-0.39, 0.29) is 6.54 Å². The molecule has 0 aliphatic rings. The van der Waals surface area contributed by atoms with Crippen LogP contribution in [-0.4, -0.2) is 21.2 Å². The van der Waals surface area contributed by atoms with E-state index < -0.39 is 11.7 Å². The van der Waals surface area contributed by atoms with Gasteiger partial charge in [-0.1, -0.05) is 13.8 Å². The van der Waals surface area contributed by atoms with Gasteiger partial charge in [0.1, 0.15) is 0 Å². The Kier molecular flexibility index (Phi) is 4.34. The van der Waals surface area contributed by atoms with Crippen molar-refractivity contribution in [3.8, 4) is 0 Å². The first-order valence-corrected chi connectivity index (χ1v) is 7.25. The second-order valence-corrected chi connectivity index (χ2v) is 5.74. The van der Waals surface area contributed by atoms with Gasteiger partial charge in [-0.2, -0.15) is 0 Å². The number of carbonyl (C=O) groups is 2. The van der Waals surface area contributed by atoms with E-state index in [1.165, 1.54) is 0 Å². The van der Waals surface area contributed by atoms with Gasteiger partial charge in [-0.05, 0) is 12.1 Å². The summed E-state index contributed by atoms with van der Waals surface area (Å²) in [5.74, 6) is -0.767. The van der Waals surface area contributed by atoms with Crippen LogP contribution < -0.4 is 5.32 Å². The summed E-state index contributed by atoms with van der Waals surface area (Å²) in [5.41, 5.74) is 1.16. The Morgan fingerprint density at radius 3 is 2.75 bits per heavy atom. The van der Waals surface area contributed by atoms with E-state index >= 15 is 0 Å². The molecule has 0 bridgehead atoms. The molecule has 0 radical (unpaired) electrons. The molecule has 20 heavy (non-hydrogen) atoms. The third kappa shape index (κ3) is 3.14. The highest BCUT2D eigenvalue weighted by Gasteiger charge is 2.18. The first kappa shape index (κ1) is 14.5. The summed E-state index contributed by atoms with van der Waals surface area (Å²) in [6, 6.07) is 3.36. The molecular formula is C14H17N3O2S. The first-order chi connectivity index (χ1) is 9.49. The van der Waals surface area contributed by atoms with Crippen LogP contribution in [0.1, 0.15) is 41.0 Å². The van der Waals surface area contributed by atoms with E-state index in [9.17, 15) is 9.59 Å². The molecule has 0 unspecified atom stereocenters. The maximum Gasteiger partial charge on any atom is 0.294 e. The lowest BCUT2D eigenvalue weighted by molar-refractivity contribution is -0.117. The summed E-state index contributed by atoms with van der Waals surface area (Å²) in [7, 11) is 1.73. The molecular weight excluding hydrogens is 274 g/mol. The molecule has 2 rings (SSSR count). The van der Waals surface area contributed by atoms with Gasteiger partial charge in [0.2, 0.25) is 0 Å². The molecule has 0 atom stereocenters. The Bertz CT molecular complexity index is 628. The molecule has 106 valence electrons. The number of thiazole rings is 1.